The molecule has 154 valence electrons. The highest BCUT2D eigenvalue weighted by Crippen LogP contribution is 2.23. The standard InChI is InChI=1S/C23H24N4O3/c1-27(2)21-11-9-20(10-12-21)26-25-19-7-5-18(6-8-19)24-23(29)17-3-13-22(14-4-17)30-16-15-28/h3-14,28H,15-16H2,1-2H3,(H,24,29). The lowest BCUT2D eigenvalue weighted by molar-refractivity contribution is 0.102. The van der Waals surface area contributed by atoms with Crippen LogP contribution in [0, 0.1) is 0 Å². The van der Waals surface area contributed by atoms with Gasteiger partial charge in [0.25, 0.3) is 5.91 Å². The summed E-state index contributed by atoms with van der Waals surface area (Å²) in [5.74, 6) is 0.380. The number of anilines is 2. The van der Waals surface area contributed by atoms with E-state index in [4.69, 9.17) is 9.84 Å². The Morgan fingerprint density at radius 1 is 0.900 bits per heavy atom. The Morgan fingerprint density at radius 2 is 1.47 bits per heavy atom. The number of azo groups is 1. The number of amides is 1. The van der Waals surface area contributed by atoms with Gasteiger partial charge in [0.1, 0.15) is 12.4 Å². The maximum atomic E-state index is 12.4. The zero-order valence-electron chi connectivity index (χ0n) is 16.9. The fourth-order valence-electron chi connectivity index (χ4n) is 2.61. The fraction of sp³-hybridized carbons (Fsp3) is 0.174. The maximum Gasteiger partial charge on any atom is 0.255 e. The van der Waals surface area contributed by atoms with Crippen molar-refractivity contribution in [2.75, 3.05) is 37.5 Å². The lowest BCUT2D eigenvalue weighted by Gasteiger charge is -2.11. The molecule has 0 heterocycles. The molecule has 0 saturated carbocycles. The number of hydrogen-bond acceptors (Lipinski definition) is 6. The Labute approximate surface area is 175 Å². The van der Waals surface area contributed by atoms with Crippen molar-refractivity contribution in [3.8, 4) is 5.75 Å². The number of benzene rings is 3. The molecule has 0 aliphatic heterocycles. The molecule has 3 aromatic carbocycles. The highest BCUT2D eigenvalue weighted by atomic mass is 16.5. The van der Waals surface area contributed by atoms with E-state index in [1.807, 2.05) is 43.3 Å². The molecule has 7 nitrogen and oxygen atoms in total. The molecule has 0 spiro atoms. The molecule has 30 heavy (non-hydrogen) atoms. The molecule has 7 heteroatoms. The summed E-state index contributed by atoms with van der Waals surface area (Å²) in [6, 6.07) is 21.7. The summed E-state index contributed by atoms with van der Waals surface area (Å²) in [6.07, 6.45) is 0. The minimum atomic E-state index is -0.223. The van der Waals surface area contributed by atoms with Crippen LogP contribution in [-0.4, -0.2) is 38.3 Å². The summed E-state index contributed by atoms with van der Waals surface area (Å²) >= 11 is 0. The van der Waals surface area contributed by atoms with Crippen LogP contribution in [-0.2, 0) is 0 Å². The van der Waals surface area contributed by atoms with Crippen molar-refractivity contribution in [1.82, 2.24) is 0 Å². The average Bonchev–Trinajstić information content (AvgIpc) is 2.78. The van der Waals surface area contributed by atoms with Gasteiger partial charge in [-0.2, -0.15) is 10.2 Å². The first-order valence-electron chi connectivity index (χ1n) is 9.49. The number of carbonyl (C=O) groups excluding carboxylic acids is 1. The molecule has 0 unspecified atom stereocenters. The van der Waals surface area contributed by atoms with Gasteiger partial charge in [-0.3, -0.25) is 4.79 Å². The van der Waals surface area contributed by atoms with E-state index < -0.39 is 0 Å². The second kappa shape index (κ2) is 10.2. The van der Waals surface area contributed by atoms with E-state index in [0.29, 0.717) is 22.7 Å². The molecular formula is C23H24N4O3. The summed E-state index contributed by atoms with van der Waals surface area (Å²) in [5.41, 5.74) is 3.73. The van der Waals surface area contributed by atoms with Crippen molar-refractivity contribution >= 4 is 28.7 Å². The number of aliphatic hydroxyl groups is 1. The summed E-state index contributed by atoms with van der Waals surface area (Å²) in [4.78, 5) is 14.4. The predicted octanol–water partition coefficient (Wildman–Crippen LogP) is 4.79. The van der Waals surface area contributed by atoms with Gasteiger partial charge in [-0.05, 0) is 72.8 Å². The Kier molecular flexibility index (Phi) is 7.13. The van der Waals surface area contributed by atoms with Gasteiger partial charge >= 0.3 is 0 Å². The second-order valence-electron chi connectivity index (χ2n) is 6.71. The third-order valence-corrected chi connectivity index (χ3v) is 4.25. The number of carbonyl (C=O) groups is 1. The number of ether oxygens (including phenoxy) is 1. The predicted molar refractivity (Wildman–Crippen MR) is 118 cm³/mol. The van der Waals surface area contributed by atoms with Gasteiger partial charge in [-0.25, -0.2) is 0 Å². The fourth-order valence-corrected chi connectivity index (χ4v) is 2.61. The first kappa shape index (κ1) is 21.0. The second-order valence-corrected chi connectivity index (χ2v) is 6.71. The van der Waals surface area contributed by atoms with Gasteiger partial charge < -0.3 is 20.1 Å². The van der Waals surface area contributed by atoms with Gasteiger partial charge in [0.15, 0.2) is 0 Å². The highest BCUT2D eigenvalue weighted by molar-refractivity contribution is 6.04. The Bertz CT molecular complexity index is 982. The summed E-state index contributed by atoms with van der Waals surface area (Å²) in [6.45, 7) is 0.164. The van der Waals surface area contributed by atoms with Crippen LogP contribution in [0.5, 0.6) is 5.75 Å². The number of aliphatic hydroxyl groups excluding tert-OH is 1. The van der Waals surface area contributed by atoms with E-state index in [0.717, 1.165) is 11.4 Å². The third kappa shape index (κ3) is 5.89. The number of nitrogens with one attached hydrogen (secondary N) is 1. The lowest BCUT2D eigenvalue weighted by Crippen LogP contribution is -2.11. The summed E-state index contributed by atoms with van der Waals surface area (Å²) in [5, 5.41) is 20.1. The number of nitrogens with zero attached hydrogens (tertiary/aromatic N) is 3. The topological polar surface area (TPSA) is 86.5 Å². The van der Waals surface area contributed by atoms with E-state index >= 15 is 0 Å². The van der Waals surface area contributed by atoms with Crippen molar-refractivity contribution in [3.05, 3.63) is 78.4 Å². The Hall–Kier alpha value is -3.71. The quantitative estimate of drug-likeness (QED) is 0.529. The molecule has 2 N–H and O–H groups in total. The van der Waals surface area contributed by atoms with E-state index in [2.05, 4.69) is 15.5 Å². The van der Waals surface area contributed by atoms with Crippen LogP contribution in [0.2, 0.25) is 0 Å². The van der Waals surface area contributed by atoms with E-state index in [-0.39, 0.29) is 19.1 Å². The van der Waals surface area contributed by atoms with E-state index in [9.17, 15) is 4.79 Å². The normalized spacial score (nSPS) is 10.8. The van der Waals surface area contributed by atoms with Crippen molar-refractivity contribution in [3.63, 3.8) is 0 Å². The Balaban J connectivity index is 1.57. The number of rotatable bonds is 8. The van der Waals surface area contributed by atoms with E-state index in [1.54, 1.807) is 48.5 Å². The monoisotopic (exact) mass is 404 g/mol. The van der Waals surface area contributed by atoms with Crippen molar-refractivity contribution in [1.29, 1.82) is 0 Å². The molecule has 1 amide bonds. The van der Waals surface area contributed by atoms with Crippen molar-refractivity contribution in [2.24, 2.45) is 10.2 Å². The smallest absolute Gasteiger partial charge is 0.255 e. The van der Waals surface area contributed by atoms with Gasteiger partial charge in [0, 0.05) is 31.0 Å². The first-order chi connectivity index (χ1) is 14.5. The van der Waals surface area contributed by atoms with Crippen molar-refractivity contribution < 1.29 is 14.6 Å². The third-order valence-electron chi connectivity index (χ3n) is 4.25. The van der Waals surface area contributed by atoms with Crippen LogP contribution in [0.1, 0.15) is 10.4 Å². The Morgan fingerprint density at radius 3 is 2.00 bits per heavy atom. The van der Waals surface area contributed by atoms with Gasteiger partial charge in [0.2, 0.25) is 0 Å². The summed E-state index contributed by atoms with van der Waals surface area (Å²) < 4.78 is 5.29. The first-order valence-corrected chi connectivity index (χ1v) is 9.49. The van der Waals surface area contributed by atoms with E-state index in [1.165, 1.54) is 0 Å². The highest BCUT2D eigenvalue weighted by Gasteiger charge is 2.06. The largest absolute Gasteiger partial charge is 0.491 e. The van der Waals surface area contributed by atoms with Gasteiger partial charge in [-0.1, -0.05) is 0 Å². The lowest BCUT2D eigenvalue weighted by atomic mass is 10.2. The molecular weight excluding hydrogens is 380 g/mol. The van der Waals surface area contributed by atoms with Crippen LogP contribution in [0.3, 0.4) is 0 Å². The molecule has 3 rings (SSSR count). The molecule has 0 bridgehead atoms. The molecule has 0 aliphatic rings. The van der Waals surface area contributed by atoms with Crippen molar-refractivity contribution in [2.45, 2.75) is 0 Å². The molecule has 0 aliphatic carbocycles. The molecule has 0 aromatic heterocycles. The zero-order chi connectivity index (χ0) is 21.3. The molecule has 0 fully saturated rings. The van der Waals surface area contributed by atoms with Crippen LogP contribution >= 0.6 is 0 Å². The number of hydrogen-bond donors (Lipinski definition) is 2. The van der Waals surface area contributed by atoms with Crippen LogP contribution in [0.4, 0.5) is 22.7 Å². The zero-order valence-corrected chi connectivity index (χ0v) is 16.9. The molecule has 0 radical (unpaired) electrons. The SMILES string of the molecule is CN(C)c1ccc(N=Nc2ccc(NC(=O)c3ccc(OCCO)cc3)cc2)cc1. The van der Waals surface area contributed by atoms with Gasteiger partial charge in [0.05, 0.1) is 18.0 Å². The average molecular weight is 404 g/mol. The van der Waals surface area contributed by atoms with Crippen LogP contribution < -0.4 is 15.0 Å². The molecule has 3 aromatic rings. The maximum absolute atomic E-state index is 12.4. The van der Waals surface area contributed by atoms with Crippen LogP contribution in [0.25, 0.3) is 0 Å². The van der Waals surface area contributed by atoms with Crippen LogP contribution in [0.15, 0.2) is 83.0 Å². The minimum Gasteiger partial charge on any atom is -0.491 e. The van der Waals surface area contributed by atoms with Gasteiger partial charge in [-0.15, -0.1) is 0 Å². The minimum absolute atomic E-state index is 0.0550. The molecule has 0 saturated heterocycles. The summed E-state index contributed by atoms with van der Waals surface area (Å²) in [7, 11) is 3.97. The molecule has 0 atom stereocenters.